The first-order chi connectivity index (χ1) is 12.6. The third-order valence-electron chi connectivity index (χ3n) is 4.90. The van der Waals surface area contributed by atoms with E-state index in [1.54, 1.807) is 4.90 Å². The van der Waals surface area contributed by atoms with Crippen molar-refractivity contribution in [2.24, 2.45) is 5.73 Å². The summed E-state index contributed by atoms with van der Waals surface area (Å²) in [6, 6.07) is 15.2. The lowest BCUT2D eigenvalue weighted by Crippen LogP contribution is -2.50. The molecule has 0 radical (unpaired) electrons. The first kappa shape index (κ1) is 20.9. The van der Waals surface area contributed by atoms with E-state index in [9.17, 15) is 9.59 Å². The molecule has 2 aromatic rings. The summed E-state index contributed by atoms with van der Waals surface area (Å²) >= 11 is 0. The summed E-state index contributed by atoms with van der Waals surface area (Å²) in [5.74, 6) is 0.0417. The fraction of sp³-hybridized carbons (Fsp3) is 0.333. The van der Waals surface area contributed by atoms with E-state index in [-0.39, 0.29) is 24.2 Å². The first-order valence-electron chi connectivity index (χ1n) is 9.09. The molecule has 1 aliphatic heterocycles. The van der Waals surface area contributed by atoms with Gasteiger partial charge < -0.3 is 15.5 Å². The van der Waals surface area contributed by atoms with Crippen molar-refractivity contribution in [2.45, 2.75) is 19.9 Å². The van der Waals surface area contributed by atoms with Crippen LogP contribution < -0.4 is 5.73 Å². The Kier molecular flexibility index (Phi) is 7.39. The van der Waals surface area contributed by atoms with Gasteiger partial charge in [-0.2, -0.15) is 0 Å². The number of carbonyl (C=O) groups excluding carboxylic acids is 2. The number of nitrogens with zero attached hydrogens (tertiary/aromatic N) is 2. The van der Waals surface area contributed by atoms with E-state index in [2.05, 4.69) is 6.92 Å². The van der Waals surface area contributed by atoms with Crippen LogP contribution in [0, 0.1) is 0 Å². The average molecular weight is 388 g/mol. The van der Waals surface area contributed by atoms with Gasteiger partial charge in [0.25, 0.3) is 11.8 Å². The molecule has 0 spiro atoms. The minimum absolute atomic E-state index is 0. The van der Waals surface area contributed by atoms with Crippen LogP contribution >= 0.6 is 12.4 Å². The Hall–Kier alpha value is -2.37. The van der Waals surface area contributed by atoms with Gasteiger partial charge in [-0.25, -0.2) is 0 Å². The van der Waals surface area contributed by atoms with Crippen molar-refractivity contribution in [1.29, 1.82) is 0 Å². The van der Waals surface area contributed by atoms with Crippen molar-refractivity contribution < 1.29 is 9.59 Å². The third-order valence-corrected chi connectivity index (χ3v) is 4.90. The van der Waals surface area contributed by atoms with Gasteiger partial charge in [0.05, 0.1) is 0 Å². The van der Waals surface area contributed by atoms with Crippen LogP contribution in [0.4, 0.5) is 0 Å². The molecule has 6 heteroatoms. The average Bonchev–Trinajstić information content (AvgIpc) is 2.73. The number of halogens is 1. The van der Waals surface area contributed by atoms with Crippen LogP contribution in [0.1, 0.15) is 38.8 Å². The number of amides is 2. The Bertz CT molecular complexity index is 700. The molecule has 1 heterocycles. The van der Waals surface area contributed by atoms with Crippen LogP contribution in [0.5, 0.6) is 0 Å². The number of benzene rings is 2. The van der Waals surface area contributed by atoms with Crippen LogP contribution in [0.3, 0.4) is 0 Å². The lowest BCUT2D eigenvalue weighted by atomic mass is 10.1. The molecule has 1 fully saturated rings. The van der Waals surface area contributed by atoms with Crippen molar-refractivity contribution >= 4 is 24.2 Å². The summed E-state index contributed by atoms with van der Waals surface area (Å²) in [6.45, 7) is 4.78. The maximum Gasteiger partial charge on any atom is 0.253 e. The summed E-state index contributed by atoms with van der Waals surface area (Å²) in [4.78, 5) is 28.9. The number of rotatable bonds is 4. The molecule has 3 rings (SSSR count). The van der Waals surface area contributed by atoms with Crippen LogP contribution in [0.15, 0.2) is 48.5 Å². The van der Waals surface area contributed by atoms with Crippen molar-refractivity contribution in [3.63, 3.8) is 0 Å². The zero-order valence-electron chi connectivity index (χ0n) is 15.6. The van der Waals surface area contributed by atoms with Crippen LogP contribution in [-0.2, 0) is 13.0 Å². The fourth-order valence-corrected chi connectivity index (χ4v) is 3.14. The van der Waals surface area contributed by atoms with Crippen molar-refractivity contribution in [2.75, 3.05) is 26.2 Å². The molecular weight excluding hydrogens is 362 g/mol. The molecule has 0 aromatic heterocycles. The van der Waals surface area contributed by atoms with Crippen LogP contribution in [0.2, 0.25) is 0 Å². The maximum atomic E-state index is 12.6. The highest BCUT2D eigenvalue weighted by atomic mass is 35.5. The summed E-state index contributed by atoms with van der Waals surface area (Å²) in [7, 11) is 0. The second kappa shape index (κ2) is 9.53. The van der Waals surface area contributed by atoms with Gasteiger partial charge in [-0.05, 0) is 41.8 Å². The zero-order valence-corrected chi connectivity index (χ0v) is 16.4. The molecule has 0 bridgehead atoms. The van der Waals surface area contributed by atoms with Gasteiger partial charge in [-0.15, -0.1) is 12.4 Å². The first-order valence-corrected chi connectivity index (χ1v) is 9.09. The van der Waals surface area contributed by atoms with E-state index in [1.165, 1.54) is 5.56 Å². The van der Waals surface area contributed by atoms with Gasteiger partial charge in [-0.3, -0.25) is 9.59 Å². The SMILES string of the molecule is CCc1ccc(C(=O)N2CCN(C(=O)c3ccc(CN)cc3)CC2)cc1.Cl. The van der Waals surface area contributed by atoms with E-state index in [0.717, 1.165) is 12.0 Å². The van der Waals surface area contributed by atoms with Gasteiger partial charge in [0.2, 0.25) is 0 Å². The molecule has 0 aliphatic carbocycles. The smallest absolute Gasteiger partial charge is 0.253 e. The fourth-order valence-electron chi connectivity index (χ4n) is 3.14. The van der Waals surface area contributed by atoms with Crippen molar-refractivity contribution in [1.82, 2.24) is 9.80 Å². The molecule has 27 heavy (non-hydrogen) atoms. The van der Waals surface area contributed by atoms with E-state index < -0.39 is 0 Å². The molecule has 1 saturated heterocycles. The Morgan fingerprint density at radius 2 is 1.15 bits per heavy atom. The van der Waals surface area contributed by atoms with Crippen LogP contribution in [0.25, 0.3) is 0 Å². The lowest BCUT2D eigenvalue weighted by Gasteiger charge is -2.35. The van der Waals surface area contributed by atoms with Crippen molar-refractivity contribution in [3.8, 4) is 0 Å². The zero-order chi connectivity index (χ0) is 18.5. The molecule has 5 nitrogen and oxygen atoms in total. The van der Waals surface area contributed by atoms with E-state index in [0.29, 0.717) is 43.9 Å². The Balaban J connectivity index is 0.00000261. The maximum absolute atomic E-state index is 12.6. The molecule has 0 atom stereocenters. The van der Waals surface area contributed by atoms with E-state index in [4.69, 9.17) is 5.73 Å². The molecule has 0 saturated carbocycles. The number of hydrogen-bond donors (Lipinski definition) is 1. The highest BCUT2D eigenvalue weighted by Gasteiger charge is 2.25. The standard InChI is InChI=1S/C21H25N3O2.ClH/c1-2-16-3-7-18(8-4-16)20(25)23-11-13-24(14-12-23)21(26)19-9-5-17(15-22)6-10-19;/h3-10H,2,11-15,22H2,1H3;1H. The quantitative estimate of drug-likeness (QED) is 0.877. The van der Waals surface area contributed by atoms with Crippen LogP contribution in [-0.4, -0.2) is 47.8 Å². The van der Waals surface area contributed by atoms with Gasteiger partial charge in [0, 0.05) is 43.9 Å². The van der Waals surface area contributed by atoms with Gasteiger partial charge in [0.15, 0.2) is 0 Å². The van der Waals surface area contributed by atoms with E-state index in [1.807, 2.05) is 53.4 Å². The summed E-state index contributed by atoms with van der Waals surface area (Å²) < 4.78 is 0. The molecule has 1 aliphatic rings. The molecule has 144 valence electrons. The normalized spacial score (nSPS) is 13.9. The molecule has 0 unspecified atom stereocenters. The number of aryl methyl sites for hydroxylation is 1. The number of nitrogens with two attached hydrogens (primary N) is 1. The summed E-state index contributed by atoms with van der Waals surface area (Å²) in [5.41, 5.74) is 9.19. The minimum Gasteiger partial charge on any atom is -0.335 e. The predicted octanol–water partition coefficient (Wildman–Crippen LogP) is 2.73. The topological polar surface area (TPSA) is 66.6 Å². The predicted molar refractivity (Wildman–Crippen MR) is 109 cm³/mol. The third kappa shape index (κ3) is 4.87. The van der Waals surface area contributed by atoms with Gasteiger partial charge >= 0.3 is 0 Å². The number of carbonyl (C=O) groups is 2. The highest BCUT2D eigenvalue weighted by molar-refractivity contribution is 5.96. The molecule has 2 amide bonds. The second-order valence-electron chi connectivity index (χ2n) is 6.54. The Labute approximate surface area is 166 Å². The van der Waals surface area contributed by atoms with E-state index >= 15 is 0 Å². The molecule has 2 aromatic carbocycles. The lowest BCUT2D eigenvalue weighted by molar-refractivity contribution is 0.0535. The largest absolute Gasteiger partial charge is 0.335 e. The molecular formula is C21H26ClN3O2. The van der Waals surface area contributed by atoms with Crippen molar-refractivity contribution in [3.05, 3.63) is 70.8 Å². The van der Waals surface area contributed by atoms with Gasteiger partial charge in [-0.1, -0.05) is 31.2 Å². The Morgan fingerprint density at radius 3 is 1.48 bits per heavy atom. The number of piperazine rings is 1. The monoisotopic (exact) mass is 387 g/mol. The second-order valence-corrected chi connectivity index (χ2v) is 6.54. The summed E-state index contributed by atoms with van der Waals surface area (Å²) in [6.07, 6.45) is 0.960. The highest BCUT2D eigenvalue weighted by Crippen LogP contribution is 2.13. The molecule has 2 N–H and O–H groups in total. The van der Waals surface area contributed by atoms with Gasteiger partial charge in [0.1, 0.15) is 0 Å². The summed E-state index contributed by atoms with van der Waals surface area (Å²) in [5, 5.41) is 0. The minimum atomic E-state index is 0. The Morgan fingerprint density at radius 1 is 0.778 bits per heavy atom. The number of hydrogen-bond acceptors (Lipinski definition) is 3.